The van der Waals surface area contributed by atoms with Crippen LogP contribution in [0.1, 0.15) is 55.8 Å². The number of rotatable bonds is 8. The van der Waals surface area contributed by atoms with Crippen molar-refractivity contribution in [3.05, 3.63) is 69.7 Å². The van der Waals surface area contributed by atoms with Gasteiger partial charge in [-0.2, -0.15) is 0 Å². The summed E-state index contributed by atoms with van der Waals surface area (Å²) in [4.78, 5) is 17.3. The third kappa shape index (κ3) is 6.95. The lowest BCUT2D eigenvalue weighted by Gasteiger charge is -2.37. The third-order valence-corrected chi connectivity index (χ3v) is 7.39. The molecule has 6 heteroatoms. The van der Waals surface area contributed by atoms with Crippen LogP contribution in [-0.2, 0) is 9.53 Å². The molecular formula is C27H34Cl2N2O2. The van der Waals surface area contributed by atoms with E-state index in [0.29, 0.717) is 12.5 Å². The highest BCUT2D eigenvalue weighted by atomic mass is 35.5. The minimum absolute atomic E-state index is 0.149. The van der Waals surface area contributed by atoms with Gasteiger partial charge in [-0.1, -0.05) is 66.7 Å². The van der Waals surface area contributed by atoms with Gasteiger partial charge in [-0.3, -0.25) is 9.69 Å². The molecule has 0 bridgehead atoms. The molecule has 4 rings (SSSR count). The number of nitrogens with zero attached hydrogens (tertiary/aromatic N) is 2. The van der Waals surface area contributed by atoms with Gasteiger partial charge in [-0.25, -0.2) is 0 Å². The molecule has 1 saturated carbocycles. The van der Waals surface area contributed by atoms with Crippen LogP contribution in [0.2, 0.25) is 10.0 Å². The molecule has 2 aliphatic rings. The van der Waals surface area contributed by atoms with Crippen LogP contribution in [0.5, 0.6) is 0 Å². The maximum Gasteiger partial charge on any atom is 0.225 e. The normalized spacial score (nSPS) is 18.1. The van der Waals surface area contributed by atoms with Crippen molar-refractivity contribution in [2.24, 2.45) is 5.92 Å². The number of piperazine rings is 1. The second kappa shape index (κ2) is 12.2. The summed E-state index contributed by atoms with van der Waals surface area (Å²) < 4.78 is 6.35. The summed E-state index contributed by atoms with van der Waals surface area (Å²) in [5.41, 5.74) is 2.16. The Morgan fingerprint density at radius 3 is 1.94 bits per heavy atom. The second-order valence-corrected chi connectivity index (χ2v) is 10.1. The molecule has 33 heavy (non-hydrogen) atoms. The number of hydrogen-bond acceptors (Lipinski definition) is 3. The quantitative estimate of drug-likeness (QED) is 0.413. The summed E-state index contributed by atoms with van der Waals surface area (Å²) in [6, 6.07) is 15.7. The predicted molar refractivity (Wildman–Crippen MR) is 135 cm³/mol. The van der Waals surface area contributed by atoms with Gasteiger partial charge in [0.1, 0.15) is 6.10 Å². The zero-order valence-corrected chi connectivity index (χ0v) is 20.7. The predicted octanol–water partition coefficient (Wildman–Crippen LogP) is 6.21. The number of benzene rings is 2. The van der Waals surface area contributed by atoms with Crippen molar-refractivity contribution in [3.63, 3.8) is 0 Å². The molecule has 1 amide bonds. The Kier molecular flexibility index (Phi) is 9.08. The van der Waals surface area contributed by atoms with Crippen molar-refractivity contribution < 1.29 is 9.53 Å². The van der Waals surface area contributed by atoms with Crippen LogP contribution in [-0.4, -0.2) is 55.0 Å². The third-order valence-electron chi connectivity index (χ3n) is 6.89. The monoisotopic (exact) mass is 488 g/mol. The molecule has 2 fully saturated rings. The van der Waals surface area contributed by atoms with Gasteiger partial charge < -0.3 is 9.64 Å². The highest BCUT2D eigenvalue weighted by molar-refractivity contribution is 6.30. The average Bonchev–Trinajstić information content (AvgIpc) is 2.86. The van der Waals surface area contributed by atoms with Gasteiger partial charge in [0.2, 0.25) is 5.91 Å². The van der Waals surface area contributed by atoms with Crippen LogP contribution in [0.4, 0.5) is 0 Å². The Morgan fingerprint density at radius 1 is 0.848 bits per heavy atom. The summed E-state index contributed by atoms with van der Waals surface area (Å²) in [5.74, 6) is 0.669. The van der Waals surface area contributed by atoms with Crippen molar-refractivity contribution in [2.45, 2.75) is 44.6 Å². The van der Waals surface area contributed by atoms with Crippen LogP contribution in [0.15, 0.2) is 48.5 Å². The van der Waals surface area contributed by atoms with E-state index >= 15 is 0 Å². The number of hydrogen-bond donors (Lipinski definition) is 0. The van der Waals surface area contributed by atoms with Crippen molar-refractivity contribution in [1.82, 2.24) is 9.80 Å². The van der Waals surface area contributed by atoms with Crippen molar-refractivity contribution in [3.8, 4) is 0 Å². The molecule has 0 N–H and O–H groups in total. The van der Waals surface area contributed by atoms with E-state index in [1.54, 1.807) is 0 Å². The van der Waals surface area contributed by atoms with Crippen LogP contribution in [0.25, 0.3) is 0 Å². The van der Waals surface area contributed by atoms with E-state index in [0.717, 1.165) is 73.2 Å². The van der Waals surface area contributed by atoms with E-state index in [1.807, 2.05) is 48.5 Å². The lowest BCUT2D eigenvalue weighted by molar-refractivity contribution is -0.138. The number of halogens is 2. The molecule has 2 aromatic carbocycles. The lowest BCUT2D eigenvalue weighted by Crippen LogP contribution is -2.50. The highest BCUT2D eigenvalue weighted by Gasteiger charge is 2.28. The zero-order chi connectivity index (χ0) is 23.0. The van der Waals surface area contributed by atoms with Gasteiger partial charge in [0, 0.05) is 55.3 Å². The van der Waals surface area contributed by atoms with E-state index in [-0.39, 0.29) is 12.0 Å². The maximum atomic E-state index is 12.8. The second-order valence-electron chi connectivity index (χ2n) is 9.21. The van der Waals surface area contributed by atoms with Gasteiger partial charge in [0.15, 0.2) is 0 Å². The van der Waals surface area contributed by atoms with Crippen LogP contribution in [0.3, 0.4) is 0 Å². The molecule has 1 aliphatic carbocycles. The molecule has 0 aromatic heterocycles. The Morgan fingerprint density at radius 2 is 1.39 bits per heavy atom. The molecule has 178 valence electrons. The van der Waals surface area contributed by atoms with Crippen molar-refractivity contribution >= 4 is 29.1 Å². The molecule has 1 heterocycles. The van der Waals surface area contributed by atoms with Gasteiger partial charge in [0.05, 0.1) is 0 Å². The van der Waals surface area contributed by atoms with Crippen LogP contribution < -0.4 is 0 Å². The largest absolute Gasteiger partial charge is 0.369 e. The number of ether oxygens (including phenoxy) is 1. The van der Waals surface area contributed by atoms with Gasteiger partial charge in [-0.15, -0.1) is 0 Å². The molecule has 1 saturated heterocycles. The minimum atomic E-state index is -0.149. The number of amides is 1. The van der Waals surface area contributed by atoms with E-state index in [4.69, 9.17) is 27.9 Å². The smallest absolute Gasteiger partial charge is 0.225 e. The first-order valence-electron chi connectivity index (χ1n) is 12.2. The summed E-state index contributed by atoms with van der Waals surface area (Å²) in [6.45, 7) is 5.27. The molecular weight excluding hydrogens is 455 g/mol. The molecule has 0 unspecified atom stereocenters. The fourth-order valence-corrected chi connectivity index (χ4v) is 5.20. The molecule has 4 nitrogen and oxygen atoms in total. The zero-order valence-electron chi connectivity index (χ0n) is 19.2. The van der Waals surface area contributed by atoms with E-state index in [2.05, 4.69) is 9.80 Å². The Hall–Kier alpha value is -1.59. The van der Waals surface area contributed by atoms with E-state index in [9.17, 15) is 4.79 Å². The highest BCUT2D eigenvalue weighted by Crippen LogP contribution is 2.29. The van der Waals surface area contributed by atoms with Crippen LogP contribution >= 0.6 is 23.2 Å². The molecule has 2 aromatic rings. The van der Waals surface area contributed by atoms with Gasteiger partial charge in [-0.05, 0) is 54.7 Å². The molecule has 0 spiro atoms. The fraction of sp³-hybridized carbons (Fsp3) is 0.519. The first kappa shape index (κ1) is 24.5. The number of carbonyl (C=O) groups excluding carboxylic acids is 1. The maximum absolute atomic E-state index is 12.8. The van der Waals surface area contributed by atoms with Gasteiger partial charge in [0.25, 0.3) is 0 Å². The van der Waals surface area contributed by atoms with Crippen molar-refractivity contribution in [2.75, 3.05) is 39.3 Å². The van der Waals surface area contributed by atoms with Gasteiger partial charge >= 0.3 is 0 Å². The SMILES string of the molecule is O=C(C1CCCCC1)N1CCN(CCCOC(c2ccc(Cl)cc2)c2ccc(Cl)cc2)CC1. The lowest BCUT2D eigenvalue weighted by atomic mass is 9.88. The fourth-order valence-electron chi connectivity index (χ4n) is 4.95. The summed E-state index contributed by atoms with van der Waals surface area (Å²) >= 11 is 12.2. The van der Waals surface area contributed by atoms with E-state index < -0.39 is 0 Å². The summed E-state index contributed by atoms with van der Waals surface area (Å²) in [7, 11) is 0. The molecule has 0 atom stereocenters. The Balaban J connectivity index is 1.24. The van der Waals surface area contributed by atoms with Crippen LogP contribution in [0, 0.1) is 5.92 Å². The minimum Gasteiger partial charge on any atom is -0.369 e. The molecule has 1 aliphatic heterocycles. The summed E-state index contributed by atoms with van der Waals surface area (Å²) in [6.07, 6.45) is 6.68. The van der Waals surface area contributed by atoms with Crippen molar-refractivity contribution in [1.29, 1.82) is 0 Å². The van der Waals surface area contributed by atoms with E-state index in [1.165, 1.54) is 19.3 Å². The Bertz CT molecular complexity index is 828. The topological polar surface area (TPSA) is 32.8 Å². The first-order valence-corrected chi connectivity index (χ1v) is 13.0. The standard InChI is InChI=1S/C27H34Cl2N2O2/c28-24-11-7-21(8-12-24)26(22-9-13-25(29)14-10-22)33-20-4-15-30-16-18-31(19-17-30)27(32)23-5-2-1-3-6-23/h7-14,23,26H,1-6,15-20H2. The first-order chi connectivity index (χ1) is 16.1. The average molecular weight is 489 g/mol. The summed E-state index contributed by atoms with van der Waals surface area (Å²) in [5, 5.41) is 1.43. The Labute approximate surface area is 207 Å². The molecule has 0 radical (unpaired) electrons. The number of carbonyl (C=O) groups is 1.